The summed E-state index contributed by atoms with van der Waals surface area (Å²) in [5.41, 5.74) is -0.278. The number of hydrogen-bond donors (Lipinski definition) is 2. The van der Waals surface area contributed by atoms with Crippen LogP contribution in [0.2, 0.25) is 0 Å². The van der Waals surface area contributed by atoms with Crippen LogP contribution in [0.25, 0.3) is 0 Å². The van der Waals surface area contributed by atoms with Crippen molar-refractivity contribution >= 4 is 12.6 Å². The van der Waals surface area contributed by atoms with Crippen LogP contribution in [0.4, 0.5) is 0 Å². The largest absolute Gasteiger partial charge is 0.508 e. The van der Waals surface area contributed by atoms with E-state index in [1.165, 1.54) is 0 Å². The molecular weight excluding hydrogens is 184 g/mol. The van der Waals surface area contributed by atoms with E-state index in [-0.39, 0.29) is 11.4 Å². The van der Waals surface area contributed by atoms with Gasteiger partial charge >= 0.3 is 0 Å². The highest BCUT2D eigenvalue weighted by molar-refractivity contribution is 7.80. The molecule has 1 aromatic rings. The summed E-state index contributed by atoms with van der Waals surface area (Å²) in [5, 5.41) is 9.04. The molecule has 0 radical (unpaired) electrons. The monoisotopic (exact) mass is 198 g/mol. The van der Waals surface area contributed by atoms with E-state index in [0.717, 1.165) is 5.75 Å². The van der Waals surface area contributed by atoms with Gasteiger partial charge in [-0.1, -0.05) is 0 Å². The van der Waals surface area contributed by atoms with E-state index >= 15 is 0 Å². The molecule has 13 heavy (non-hydrogen) atoms. The zero-order valence-electron chi connectivity index (χ0n) is 7.82. The fourth-order valence-corrected chi connectivity index (χ4v) is 0.930. The normalized spacial score (nSPS) is 11.3. The molecule has 0 amide bonds. The number of hydrogen-bond acceptors (Lipinski definition) is 3. The van der Waals surface area contributed by atoms with Crippen LogP contribution in [0, 0.1) is 0 Å². The van der Waals surface area contributed by atoms with E-state index in [4.69, 9.17) is 9.84 Å². The van der Waals surface area contributed by atoms with Crippen LogP contribution >= 0.6 is 12.6 Å². The Kier molecular flexibility index (Phi) is 3.09. The maximum absolute atomic E-state index is 9.04. The molecule has 72 valence electrons. The topological polar surface area (TPSA) is 29.5 Å². The molecular formula is C10H14O2S. The second-order valence-electron chi connectivity index (χ2n) is 3.51. The molecule has 1 rings (SSSR count). The predicted octanol–water partition coefficient (Wildman–Crippen LogP) is 2.48. The highest BCUT2D eigenvalue weighted by atomic mass is 32.1. The third-order valence-electron chi connectivity index (χ3n) is 1.61. The van der Waals surface area contributed by atoms with Crippen molar-refractivity contribution in [2.75, 3.05) is 5.75 Å². The highest BCUT2D eigenvalue weighted by Crippen LogP contribution is 2.21. The van der Waals surface area contributed by atoms with Crippen molar-refractivity contribution in [2.45, 2.75) is 19.4 Å². The maximum atomic E-state index is 9.04. The highest BCUT2D eigenvalue weighted by Gasteiger charge is 2.16. The van der Waals surface area contributed by atoms with Gasteiger partial charge in [-0.3, -0.25) is 0 Å². The van der Waals surface area contributed by atoms with Gasteiger partial charge in [-0.05, 0) is 38.1 Å². The van der Waals surface area contributed by atoms with Gasteiger partial charge in [0.25, 0.3) is 0 Å². The predicted molar refractivity (Wildman–Crippen MR) is 56.7 cm³/mol. The Balaban J connectivity index is 2.69. The Morgan fingerprint density at radius 3 is 2.31 bits per heavy atom. The lowest BCUT2D eigenvalue weighted by Crippen LogP contribution is -2.30. The molecule has 2 nitrogen and oxygen atoms in total. The van der Waals surface area contributed by atoms with Gasteiger partial charge < -0.3 is 9.84 Å². The summed E-state index contributed by atoms with van der Waals surface area (Å²) in [6.07, 6.45) is 0. The number of phenols is 1. The van der Waals surface area contributed by atoms with Gasteiger partial charge in [0.05, 0.1) is 0 Å². The van der Waals surface area contributed by atoms with Crippen molar-refractivity contribution < 1.29 is 9.84 Å². The van der Waals surface area contributed by atoms with Crippen molar-refractivity contribution in [1.29, 1.82) is 0 Å². The standard InChI is InChI=1S/C10H14O2S/c1-10(2,7-13)12-9-5-3-8(11)4-6-9/h3-6,11,13H,7H2,1-2H3. The molecule has 0 fully saturated rings. The van der Waals surface area contributed by atoms with Crippen LogP contribution in [0.5, 0.6) is 11.5 Å². The van der Waals surface area contributed by atoms with Crippen LogP contribution in [0.15, 0.2) is 24.3 Å². The lowest BCUT2D eigenvalue weighted by molar-refractivity contribution is 0.136. The molecule has 0 aliphatic carbocycles. The number of thiol groups is 1. The van der Waals surface area contributed by atoms with Crippen LogP contribution < -0.4 is 4.74 Å². The Morgan fingerprint density at radius 1 is 1.31 bits per heavy atom. The first-order valence-electron chi connectivity index (χ1n) is 4.12. The molecule has 0 saturated heterocycles. The zero-order chi connectivity index (χ0) is 9.90. The van der Waals surface area contributed by atoms with Crippen molar-refractivity contribution in [1.82, 2.24) is 0 Å². The maximum Gasteiger partial charge on any atom is 0.120 e. The second kappa shape index (κ2) is 3.92. The van der Waals surface area contributed by atoms with E-state index in [2.05, 4.69) is 12.6 Å². The SMILES string of the molecule is CC(C)(CS)Oc1ccc(O)cc1. The second-order valence-corrected chi connectivity index (χ2v) is 3.83. The average molecular weight is 198 g/mol. The van der Waals surface area contributed by atoms with Crippen molar-refractivity contribution in [3.8, 4) is 11.5 Å². The summed E-state index contributed by atoms with van der Waals surface area (Å²) in [7, 11) is 0. The van der Waals surface area contributed by atoms with Gasteiger partial charge in [0.15, 0.2) is 0 Å². The van der Waals surface area contributed by atoms with Gasteiger partial charge in [-0.2, -0.15) is 12.6 Å². The molecule has 0 heterocycles. The van der Waals surface area contributed by atoms with Crippen LogP contribution in [-0.2, 0) is 0 Å². The first-order valence-corrected chi connectivity index (χ1v) is 4.76. The lowest BCUT2D eigenvalue weighted by Gasteiger charge is -2.24. The minimum absolute atomic E-state index is 0.246. The fraction of sp³-hybridized carbons (Fsp3) is 0.400. The minimum atomic E-state index is -0.278. The Morgan fingerprint density at radius 2 is 1.85 bits per heavy atom. The van der Waals surface area contributed by atoms with E-state index in [9.17, 15) is 0 Å². The molecule has 0 spiro atoms. The third-order valence-corrected chi connectivity index (χ3v) is 2.37. The molecule has 0 unspecified atom stereocenters. The van der Waals surface area contributed by atoms with Gasteiger partial charge in [-0.25, -0.2) is 0 Å². The van der Waals surface area contributed by atoms with Crippen LogP contribution in [-0.4, -0.2) is 16.5 Å². The number of benzene rings is 1. The summed E-state index contributed by atoms with van der Waals surface area (Å²) in [5.74, 6) is 1.64. The van der Waals surface area contributed by atoms with Crippen LogP contribution in [0.1, 0.15) is 13.8 Å². The molecule has 0 atom stereocenters. The smallest absolute Gasteiger partial charge is 0.120 e. The van der Waals surface area contributed by atoms with Gasteiger partial charge in [-0.15, -0.1) is 0 Å². The third kappa shape index (κ3) is 3.19. The fourth-order valence-electron chi connectivity index (χ4n) is 0.865. The lowest BCUT2D eigenvalue weighted by atomic mass is 10.2. The first kappa shape index (κ1) is 10.3. The zero-order valence-corrected chi connectivity index (χ0v) is 8.71. The van der Waals surface area contributed by atoms with E-state index in [1.807, 2.05) is 13.8 Å². The molecule has 1 N–H and O–H groups in total. The summed E-state index contributed by atoms with van der Waals surface area (Å²) in [6, 6.07) is 6.68. The minimum Gasteiger partial charge on any atom is -0.508 e. The van der Waals surface area contributed by atoms with Gasteiger partial charge in [0.1, 0.15) is 17.1 Å². The molecule has 0 aliphatic rings. The molecule has 0 bridgehead atoms. The Bertz CT molecular complexity index is 267. The molecule has 1 aromatic carbocycles. The van der Waals surface area contributed by atoms with Crippen LogP contribution in [0.3, 0.4) is 0 Å². The number of phenolic OH excluding ortho intramolecular Hbond substituents is 1. The Labute approximate surface area is 84.0 Å². The summed E-state index contributed by atoms with van der Waals surface area (Å²) in [6.45, 7) is 3.93. The molecule has 0 saturated carbocycles. The van der Waals surface area contributed by atoms with Gasteiger partial charge in [0.2, 0.25) is 0 Å². The molecule has 0 aromatic heterocycles. The quantitative estimate of drug-likeness (QED) is 0.731. The first-order chi connectivity index (χ1) is 6.03. The van der Waals surface area contributed by atoms with Crippen molar-refractivity contribution in [3.63, 3.8) is 0 Å². The Hall–Kier alpha value is -0.830. The number of rotatable bonds is 3. The number of aromatic hydroxyl groups is 1. The molecule has 0 aliphatic heterocycles. The summed E-state index contributed by atoms with van der Waals surface area (Å²) in [4.78, 5) is 0. The average Bonchev–Trinajstić information content (AvgIpc) is 2.09. The van der Waals surface area contributed by atoms with E-state index in [0.29, 0.717) is 5.75 Å². The summed E-state index contributed by atoms with van der Waals surface area (Å²) < 4.78 is 5.62. The summed E-state index contributed by atoms with van der Waals surface area (Å²) >= 11 is 4.18. The van der Waals surface area contributed by atoms with E-state index in [1.54, 1.807) is 24.3 Å². The number of ether oxygens (including phenoxy) is 1. The van der Waals surface area contributed by atoms with Gasteiger partial charge in [0, 0.05) is 5.75 Å². The molecule has 3 heteroatoms. The van der Waals surface area contributed by atoms with Crippen molar-refractivity contribution in [3.05, 3.63) is 24.3 Å². The van der Waals surface area contributed by atoms with E-state index < -0.39 is 0 Å². The van der Waals surface area contributed by atoms with Crippen molar-refractivity contribution in [2.24, 2.45) is 0 Å².